The van der Waals surface area contributed by atoms with Crippen LogP contribution in [-0.4, -0.2) is 109 Å². The molecule has 3 N–H and O–H groups in total. The van der Waals surface area contributed by atoms with E-state index in [9.17, 15) is 36.4 Å². The van der Waals surface area contributed by atoms with Crippen molar-refractivity contribution in [1.29, 1.82) is 5.26 Å². The van der Waals surface area contributed by atoms with Gasteiger partial charge in [-0.2, -0.15) is 41.8 Å². The van der Waals surface area contributed by atoms with Crippen LogP contribution in [0.15, 0.2) is 49.2 Å². The maximum atomic E-state index is 12.9. The summed E-state index contributed by atoms with van der Waals surface area (Å²) in [7, 11) is 1.89. The molecule has 2 aliphatic rings. The fourth-order valence-corrected chi connectivity index (χ4v) is 5.36. The number of hydrogen-bond acceptors (Lipinski definition) is 9. The molecule has 2 aliphatic heterocycles. The van der Waals surface area contributed by atoms with Gasteiger partial charge in [0.15, 0.2) is 0 Å². The van der Waals surface area contributed by atoms with Crippen molar-refractivity contribution in [2.75, 3.05) is 44.2 Å². The monoisotopic (exact) mass is 723 g/mol. The van der Waals surface area contributed by atoms with Gasteiger partial charge < -0.3 is 25.3 Å². The van der Waals surface area contributed by atoms with E-state index in [0.29, 0.717) is 18.7 Å². The Morgan fingerprint density at radius 1 is 0.902 bits per heavy atom. The third kappa shape index (κ3) is 9.72. The summed E-state index contributed by atoms with van der Waals surface area (Å²) in [6, 6.07) is 8.39. The van der Waals surface area contributed by atoms with E-state index in [1.807, 2.05) is 48.9 Å². The van der Waals surface area contributed by atoms with Crippen molar-refractivity contribution < 1.29 is 50.9 Å². The number of carboxylic acid groups (broad SMARTS) is 2. The Balaban J connectivity index is 0.000000353. The van der Waals surface area contributed by atoms with Gasteiger partial charge >= 0.3 is 24.3 Å². The van der Waals surface area contributed by atoms with Gasteiger partial charge in [0, 0.05) is 80.6 Å². The Hall–Kier alpha value is -5.71. The zero-order chi connectivity index (χ0) is 37.5. The predicted molar refractivity (Wildman–Crippen MR) is 167 cm³/mol. The average Bonchev–Trinajstić information content (AvgIpc) is 3.74. The summed E-state index contributed by atoms with van der Waals surface area (Å²) in [4.78, 5) is 39.7. The minimum Gasteiger partial charge on any atom is -0.475 e. The fraction of sp³-hybridized carbons (Fsp3) is 0.387. The number of alkyl halides is 6. The molecule has 1 unspecified atom stereocenters. The molecule has 0 bridgehead atoms. The van der Waals surface area contributed by atoms with Crippen LogP contribution in [0.2, 0.25) is 0 Å². The van der Waals surface area contributed by atoms with Gasteiger partial charge in [-0.1, -0.05) is 0 Å². The second-order valence-corrected chi connectivity index (χ2v) is 11.4. The van der Waals surface area contributed by atoms with Crippen molar-refractivity contribution >= 4 is 29.2 Å². The van der Waals surface area contributed by atoms with Crippen molar-refractivity contribution in [3.63, 3.8) is 0 Å². The molecular formula is C31H31F6N9O5. The van der Waals surface area contributed by atoms with E-state index in [1.54, 1.807) is 15.4 Å². The molecule has 0 aliphatic carbocycles. The molecule has 4 aromatic heterocycles. The number of carbonyl (C=O) groups excluding carboxylic acids is 1. The number of fused-ring (bicyclic) bond motifs is 1. The highest BCUT2D eigenvalue weighted by atomic mass is 19.4. The zero-order valence-electron chi connectivity index (χ0n) is 26.8. The molecule has 4 aromatic rings. The second kappa shape index (κ2) is 15.9. The number of aliphatic carboxylic acids is 2. The van der Waals surface area contributed by atoms with Crippen molar-refractivity contribution in [2.45, 2.75) is 25.2 Å². The van der Waals surface area contributed by atoms with E-state index >= 15 is 0 Å². The molecule has 6 heterocycles. The normalized spacial score (nSPS) is 16.3. The largest absolute Gasteiger partial charge is 0.490 e. The van der Waals surface area contributed by atoms with Gasteiger partial charge in [0.2, 0.25) is 5.91 Å². The van der Waals surface area contributed by atoms with Crippen LogP contribution in [0.3, 0.4) is 0 Å². The van der Waals surface area contributed by atoms with Crippen LogP contribution >= 0.6 is 0 Å². The van der Waals surface area contributed by atoms with Gasteiger partial charge in [-0.15, -0.1) is 0 Å². The number of nitrogens with zero attached hydrogens (tertiary/aromatic N) is 8. The molecule has 20 heteroatoms. The molecule has 6 rings (SSSR count). The Labute approximate surface area is 285 Å². The van der Waals surface area contributed by atoms with Crippen molar-refractivity contribution in [1.82, 2.24) is 34.6 Å². The maximum Gasteiger partial charge on any atom is 0.490 e. The SMILES string of the molecule is Cn1cc(-c2cc(-c3ccc(N4CCN(C(=O)C5CCCNC5)CC4)nc3)c3c(C#N)cnn3c2)cn1.O=C(O)C(F)(F)F.O=C(O)C(F)(F)F. The summed E-state index contributed by atoms with van der Waals surface area (Å²) in [5, 5.41) is 36.0. The van der Waals surface area contributed by atoms with Gasteiger partial charge in [-0.25, -0.2) is 19.1 Å². The van der Waals surface area contributed by atoms with Gasteiger partial charge in [0.05, 0.1) is 29.4 Å². The highest BCUT2D eigenvalue weighted by Gasteiger charge is 2.39. The number of nitrogens with one attached hydrogen (secondary N) is 1. The summed E-state index contributed by atoms with van der Waals surface area (Å²) in [5.41, 5.74) is 5.02. The Bertz CT molecular complexity index is 1860. The number of nitriles is 1. The van der Waals surface area contributed by atoms with Crippen LogP contribution in [0.4, 0.5) is 32.2 Å². The van der Waals surface area contributed by atoms with Crippen molar-refractivity contribution in [3.8, 4) is 28.3 Å². The van der Waals surface area contributed by atoms with Gasteiger partial charge in [-0.05, 0) is 37.6 Å². The third-order valence-electron chi connectivity index (χ3n) is 7.88. The lowest BCUT2D eigenvalue weighted by Crippen LogP contribution is -2.52. The lowest BCUT2D eigenvalue weighted by molar-refractivity contribution is -0.193. The summed E-state index contributed by atoms with van der Waals surface area (Å²) < 4.78 is 67.0. The van der Waals surface area contributed by atoms with Crippen molar-refractivity contribution in [3.05, 3.63) is 54.7 Å². The number of amides is 1. The number of aromatic nitrogens is 5. The van der Waals surface area contributed by atoms with E-state index in [2.05, 4.69) is 32.5 Å². The van der Waals surface area contributed by atoms with Crippen LogP contribution in [0.1, 0.15) is 18.4 Å². The average molecular weight is 724 g/mol. The fourth-order valence-electron chi connectivity index (χ4n) is 5.36. The number of halogens is 6. The smallest absolute Gasteiger partial charge is 0.475 e. The van der Waals surface area contributed by atoms with E-state index in [0.717, 1.165) is 72.6 Å². The molecule has 1 atom stereocenters. The second-order valence-electron chi connectivity index (χ2n) is 11.4. The first kappa shape index (κ1) is 38.1. The third-order valence-corrected chi connectivity index (χ3v) is 7.88. The Morgan fingerprint density at radius 3 is 2.04 bits per heavy atom. The van der Waals surface area contributed by atoms with E-state index in [4.69, 9.17) is 24.8 Å². The van der Waals surface area contributed by atoms with E-state index in [-0.39, 0.29) is 11.8 Å². The molecular weight excluding hydrogens is 692 g/mol. The maximum absolute atomic E-state index is 12.9. The van der Waals surface area contributed by atoms with Crippen LogP contribution in [0.25, 0.3) is 27.8 Å². The summed E-state index contributed by atoms with van der Waals surface area (Å²) in [5.74, 6) is -4.23. The minimum atomic E-state index is -5.08. The molecule has 14 nitrogen and oxygen atoms in total. The van der Waals surface area contributed by atoms with Gasteiger partial charge in [-0.3, -0.25) is 9.48 Å². The van der Waals surface area contributed by atoms with Crippen LogP contribution in [0.5, 0.6) is 0 Å². The number of piperidine rings is 1. The summed E-state index contributed by atoms with van der Waals surface area (Å²) in [6.45, 7) is 4.77. The number of carboxylic acids is 2. The van der Waals surface area contributed by atoms with Crippen LogP contribution in [-0.2, 0) is 21.4 Å². The Kier molecular flexibility index (Phi) is 11.9. The van der Waals surface area contributed by atoms with Gasteiger partial charge in [0.1, 0.15) is 11.9 Å². The number of pyridine rings is 2. The number of rotatable bonds is 4. The van der Waals surface area contributed by atoms with Crippen LogP contribution in [0, 0.1) is 17.2 Å². The first-order chi connectivity index (χ1) is 24.0. The molecule has 2 saturated heterocycles. The molecule has 0 radical (unpaired) electrons. The number of aryl methyl sites for hydroxylation is 1. The standard InChI is InChI=1S/C27H29N9O.2C2HF3O2/c1-33-17-23(16-31-33)21-11-24(26-22(12-28)15-32-36(26)18-21)19-4-5-25(30-14-19)34-7-9-35(10-8-34)27(37)20-3-2-6-29-13-20;2*3-2(4,5)1(6)7/h4-5,11,14-18,20,29H,2-3,6-10,13H2,1H3;2*(H,6,7). The molecule has 51 heavy (non-hydrogen) atoms. The Morgan fingerprint density at radius 2 is 1.55 bits per heavy atom. The lowest BCUT2D eigenvalue weighted by atomic mass is 9.98. The minimum absolute atomic E-state index is 0.110. The number of carbonyl (C=O) groups is 3. The quantitative estimate of drug-likeness (QED) is 0.262. The molecule has 0 saturated carbocycles. The molecule has 1 amide bonds. The zero-order valence-corrected chi connectivity index (χ0v) is 26.8. The van der Waals surface area contributed by atoms with Crippen molar-refractivity contribution in [2.24, 2.45) is 13.0 Å². The van der Waals surface area contributed by atoms with E-state index in [1.165, 1.54) is 0 Å². The topological polar surface area (TPSA) is 182 Å². The molecule has 0 spiro atoms. The number of anilines is 1. The van der Waals surface area contributed by atoms with E-state index < -0.39 is 24.3 Å². The highest BCUT2D eigenvalue weighted by Crippen LogP contribution is 2.32. The molecule has 272 valence electrons. The predicted octanol–water partition coefficient (Wildman–Crippen LogP) is 3.58. The first-order valence-corrected chi connectivity index (χ1v) is 15.2. The molecule has 0 aromatic carbocycles. The number of piperazine rings is 1. The van der Waals surface area contributed by atoms with Crippen LogP contribution < -0.4 is 10.2 Å². The molecule has 2 fully saturated rings. The highest BCUT2D eigenvalue weighted by molar-refractivity contribution is 5.87. The number of hydrogen-bond donors (Lipinski definition) is 3. The lowest BCUT2D eigenvalue weighted by Gasteiger charge is -2.37. The summed E-state index contributed by atoms with van der Waals surface area (Å²) >= 11 is 0. The summed E-state index contributed by atoms with van der Waals surface area (Å²) in [6.07, 6.45) is 1.03. The van der Waals surface area contributed by atoms with Gasteiger partial charge in [0.25, 0.3) is 0 Å². The first-order valence-electron chi connectivity index (χ1n) is 15.2.